The predicted octanol–water partition coefficient (Wildman–Crippen LogP) is 6.23. The van der Waals surface area contributed by atoms with Crippen LogP contribution in [0.1, 0.15) is 33.0 Å². The van der Waals surface area contributed by atoms with E-state index in [0.29, 0.717) is 11.5 Å². The van der Waals surface area contributed by atoms with Crippen molar-refractivity contribution in [3.8, 4) is 0 Å². The molecule has 0 atom stereocenters. The number of thioether (sulfide) groups is 2. The van der Waals surface area contributed by atoms with E-state index in [1.165, 1.54) is 12.7 Å². The summed E-state index contributed by atoms with van der Waals surface area (Å²) in [6.45, 7) is 4.12. The Morgan fingerprint density at radius 1 is 0.967 bits per heavy atom. The van der Waals surface area contributed by atoms with Crippen LogP contribution in [0.2, 0.25) is 0 Å². The number of carbonyl (C=O) groups is 1. The molecule has 0 aliphatic heterocycles. The minimum atomic E-state index is -0.477. The number of methoxy groups -OCH3 is 1. The number of hydrogen-bond acceptors (Lipinski definition) is 7. The zero-order chi connectivity index (χ0) is 21.3. The summed E-state index contributed by atoms with van der Waals surface area (Å²) >= 11 is 3.22. The Morgan fingerprint density at radius 3 is 2.37 bits per heavy atom. The van der Waals surface area contributed by atoms with Gasteiger partial charge in [0.05, 0.1) is 18.6 Å². The first-order chi connectivity index (χ1) is 14.6. The molecular weight excluding hydrogens is 416 g/mol. The van der Waals surface area contributed by atoms with Gasteiger partial charge in [0.2, 0.25) is 5.76 Å². The number of benzene rings is 2. The van der Waals surface area contributed by atoms with E-state index in [4.69, 9.17) is 9.15 Å². The minimum Gasteiger partial charge on any atom is -0.463 e. The highest BCUT2D eigenvalue weighted by Gasteiger charge is 2.13. The third-order valence-corrected chi connectivity index (χ3v) is 6.62. The number of carbonyl (C=O) groups excluding carboxylic acids is 1. The number of hydrazone groups is 1. The third kappa shape index (κ3) is 6.18. The van der Waals surface area contributed by atoms with Gasteiger partial charge in [0, 0.05) is 5.75 Å². The van der Waals surface area contributed by atoms with E-state index in [-0.39, 0.29) is 5.76 Å². The largest absolute Gasteiger partial charge is 0.463 e. The summed E-state index contributed by atoms with van der Waals surface area (Å²) in [4.78, 5) is 11.6. The van der Waals surface area contributed by atoms with Crippen molar-refractivity contribution < 1.29 is 13.9 Å². The Hall–Kier alpha value is -2.64. The Morgan fingerprint density at radius 2 is 1.67 bits per heavy atom. The van der Waals surface area contributed by atoms with Crippen LogP contribution in [0.5, 0.6) is 0 Å². The van der Waals surface area contributed by atoms with Crippen LogP contribution in [-0.2, 0) is 16.2 Å². The number of anilines is 1. The number of rotatable bonds is 7. The number of nitrogens with one attached hydrogen (secondary N) is 1. The number of para-hydroxylation sites is 1. The average Bonchev–Trinajstić information content (AvgIpc) is 3.24. The minimum absolute atomic E-state index is 0.206. The number of aryl methyl sites for hydroxylation is 2. The average molecular weight is 441 g/mol. The molecule has 3 rings (SSSR count). The molecule has 3 aromatic rings. The molecule has 0 aliphatic carbocycles. The van der Waals surface area contributed by atoms with Crippen LogP contribution in [0.4, 0.5) is 5.69 Å². The van der Waals surface area contributed by atoms with Crippen LogP contribution in [0, 0.1) is 13.8 Å². The predicted molar refractivity (Wildman–Crippen MR) is 126 cm³/mol. The summed E-state index contributed by atoms with van der Waals surface area (Å²) in [5.41, 5.74) is 7.76. The summed E-state index contributed by atoms with van der Waals surface area (Å²) < 4.78 is 11.2. The monoisotopic (exact) mass is 440 g/mol. The number of ether oxygens (including phenoxy) is 1. The Balaban J connectivity index is 1.71. The van der Waals surface area contributed by atoms with Crippen molar-refractivity contribution in [2.75, 3.05) is 12.5 Å². The van der Waals surface area contributed by atoms with Crippen molar-refractivity contribution in [3.63, 3.8) is 0 Å². The van der Waals surface area contributed by atoms with Crippen LogP contribution in [0.3, 0.4) is 0 Å². The van der Waals surface area contributed by atoms with Gasteiger partial charge in [-0.25, -0.2) is 4.79 Å². The second-order valence-electron chi connectivity index (χ2n) is 6.58. The first kappa shape index (κ1) is 22.1. The summed E-state index contributed by atoms with van der Waals surface area (Å²) in [5, 5.41) is 4.66. The van der Waals surface area contributed by atoms with E-state index in [9.17, 15) is 4.79 Å². The Kier molecular flexibility index (Phi) is 8.04. The summed E-state index contributed by atoms with van der Waals surface area (Å²) in [7, 11) is 1.34. The second-order valence-corrected chi connectivity index (χ2v) is 8.76. The first-order valence-electron chi connectivity index (χ1n) is 9.43. The van der Waals surface area contributed by atoms with Gasteiger partial charge < -0.3 is 9.15 Å². The lowest BCUT2D eigenvalue weighted by Crippen LogP contribution is -1.99. The van der Waals surface area contributed by atoms with Crippen molar-refractivity contribution >= 4 is 39.6 Å². The molecule has 0 bridgehead atoms. The van der Waals surface area contributed by atoms with Gasteiger partial charge in [0.25, 0.3) is 0 Å². The molecule has 1 N–H and O–H groups in total. The third-order valence-electron chi connectivity index (χ3n) is 4.33. The molecule has 156 valence electrons. The zero-order valence-corrected chi connectivity index (χ0v) is 18.8. The molecule has 1 aromatic heterocycles. The Labute approximate surface area is 185 Å². The smallest absolute Gasteiger partial charge is 0.373 e. The second kappa shape index (κ2) is 10.9. The van der Waals surface area contributed by atoms with Gasteiger partial charge in [-0.3, -0.25) is 5.43 Å². The lowest BCUT2D eigenvalue weighted by molar-refractivity contribution is 0.0563. The van der Waals surface area contributed by atoms with Gasteiger partial charge in [-0.2, -0.15) is 5.10 Å². The van der Waals surface area contributed by atoms with Gasteiger partial charge in [0.15, 0.2) is 4.38 Å². The molecule has 0 amide bonds. The summed E-state index contributed by atoms with van der Waals surface area (Å²) in [6.07, 6.45) is 0. The van der Waals surface area contributed by atoms with Crippen molar-refractivity contribution in [1.82, 2.24) is 0 Å². The van der Waals surface area contributed by atoms with Gasteiger partial charge in [-0.1, -0.05) is 72.1 Å². The van der Waals surface area contributed by atoms with Crippen LogP contribution in [-0.4, -0.2) is 17.5 Å². The van der Waals surface area contributed by atoms with Crippen molar-refractivity contribution in [1.29, 1.82) is 0 Å². The standard InChI is InChI=1S/C23H24N2O3S2/c1-16-8-7-9-17(2)21(16)24-25-23(29-14-18-10-5-4-6-11-18)30-15-19-12-13-20(28-19)22(26)27-3/h4-13,24H,14-15H2,1-3H3/b25-23+. The van der Waals surface area contributed by atoms with Crippen molar-refractivity contribution in [3.05, 3.63) is 88.9 Å². The summed E-state index contributed by atoms with van der Waals surface area (Å²) in [6, 6.07) is 19.9. The van der Waals surface area contributed by atoms with E-state index < -0.39 is 5.97 Å². The quantitative estimate of drug-likeness (QED) is 0.203. The van der Waals surface area contributed by atoms with Crippen molar-refractivity contribution in [2.45, 2.75) is 25.4 Å². The molecule has 7 heteroatoms. The number of esters is 1. The zero-order valence-electron chi connectivity index (χ0n) is 17.2. The molecule has 2 aromatic carbocycles. The normalized spacial score (nSPS) is 11.4. The molecule has 0 radical (unpaired) electrons. The maximum Gasteiger partial charge on any atom is 0.373 e. The topological polar surface area (TPSA) is 63.8 Å². The van der Waals surface area contributed by atoms with Crippen LogP contribution < -0.4 is 5.43 Å². The molecule has 0 aliphatic rings. The van der Waals surface area contributed by atoms with E-state index in [0.717, 1.165) is 26.9 Å². The van der Waals surface area contributed by atoms with Crippen LogP contribution >= 0.6 is 23.5 Å². The van der Waals surface area contributed by atoms with Crippen molar-refractivity contribution in [2.24, 2.45) is 5.10 Å². The molecule has 1 heterocycles. The van der Waals surface area contributed by atoms with Gasteiger partial charge in [-0.05, 0) is 42.7 Å². The number of furan rings is 1. The van der Waals surface area contributed by atoms with Crippen LogP contribution in [0.15, 0.2) is 70.2 Å². The highest BCUT2D eigenvalue weighted by molar-refractivity contribution is 8.38. The maximum atomic E-state index is 11.6. The Bertz CT molecular complexity index is 996. The molecule has 30 heavy (non-hydrogen) atoms. The molecular formula is C23H24N2O3S2. The SMILES string of the molecule is COC(=O)c1ccc(CS/C(=N/Nc2c(C)cccc2C)SCc2ccccc2)o1. The lowest BCUT2D eigenvalue weighted by atomic mass is 10.1. The maximum absolute atomic E-state index is 11.6. The van der Waals surface area contributed by atoms with E-state index in [1.54, 1.807) is 35.7 Å². The van der Waals surface area contributed by atoms with E-state index in [1.807, 2.05) is 24.3 Å². The molecule has 0 unspecified atom stereocenters. The fourth-order valence-corrected chi connectivity index (χ4v) is 4.53. The van der Waals surface area contributed by atoms with E-state index in [2.05, 4.69) is 48.6 Å². The number of nitrogens with zero attached hydrogens (tertiary/aromatic N) is 1. The first-order valence-corrected chi connectivity index (χ1v) is 11.4. The van der Waals surface area contributed by atoms with Crippen LogP contribution in [0.25, 0.3) is 0 Å². The van der Waals surface area contributed by atoms with E-state index >= 15 is 0 Å². The molecule has 0 saturated carbocycles. The number of hydrogen-bond donors (Lipinski definition) is 1. The highest BCUT2D eigenvalue weighted by Crippen LogP contribution is 2.27. The molecule has 5 nitrogen and oxygen atoms in total. The molecule has 0 spiro atoms. The van der Waals surface area contributed by atoms with Gasteiger partial charge in [-0.15, -0.1) is 0 Å². The van der Waals surface area contributed by atoms with Gasteiger partial charge in [0.1, 0.15) is 5.76 Å². The molecule has 0 saturated heterocycles. The molecule has 0 fully saturated rings. The fraction of sp³-hybridized carbons (Fsp3) is 0.217. The fourth-order valence-electron chi connectivity index (χ4n) is 2.72. The van der Waals surface area contributed by atoms with Gasteiger partial charge >= 0.3 is 5.97 Å². The lowest BCUT2D eigenvalue weighted by Gasteiger charge is -2.11. The highest BCUT2D eigenvalue weighted by atomic mass is 32.2. The summed E-state index contributed by atoms with van der Waals surface area (Å²) in [5.74, 6) is 1.80.